The molecule has 5 nitrogen and oxygen atoms in total. The number of benzene rings is 8. The Bertz CT molecular complexity index is 3450. The van der Waals surface area contributed by atoms with Crippen molar-refractivity contribution < 1.29 is 4.42 Å². The number of aromatic nitrogens is 4. The predicted molar refractivity (Wildman–Crippen MR) is 234 cm³/mol. The van der Waals surface area contributed by atoms with Gasteiger partial charge in [-0.15, -0.1) is 0 Å². The monoisotopic (exact) mass is 728 g/mol. The zero-order valence-electron chi connectivity index (χ0n) is 30.7. The molecule has 0 radical (unpaired) electrons. The Morgan fingerprint density at radius 1 is 0.316 bits per heavy atom. The topological polar surface area (TPSA) is 48.8 Å². The van der Waals surface area contributed by atoms with E-state index in [9.17, 15) is 0 Å². The largest absolute Gasteiger partial charge is 0.456 e. The molecule has 0 aliphatic heterocycles. The van der Waals surface area contributed by atoms with Gasteiger partial charge in [0, 0.05) is 60.4 Å². The second kappa shape index (κ2) is 12.4. The highest BCUT2D eigenvalue weighted by molar-refractivity contribution is 6.22. The normalized spacial score (nSPS) is 11.9. The first-order valence-corrected chi connectivity index (χ1v) is 19.2. The van der Waals surface area contributed by atoms with Crippen LogP contribution in [-0.2, 0) is 0 Å². The second-order valence-corrected chi connectivity index (χ2v) is 14.6. The molecule has 0 bridgehead atoms. The van der Waals surface area contributed by atoms with Crippen molar-refractivity contribution in [3.8, 4) is 45.3 Å². The fourth-order valence-electron chi connectivity index (χ4n) is 8.70. The molecule has 4 aromatic heterocycles. The van der Waals surface area contributed by atoms with Gasteiger partial charge in [0.1, 0.15) is 11.2 Å². The van der Waals surface area contributed by atoms with Gasteiger partial charge in [0.05, 0.1) is 33.5 Å². The standard InChI is InChI=1S/C52H32N4O/c1-4-15-33(16-5-1)44-32-45(34-17-6-2-7-18-34)54-52(53-44)35-19-14-22-37(27-35)56-48-28-40-38-23-10-12-25-46(38)55(36-20-8-3-9-21-36)47(40)29-41(48)42-31-51-43(30-49(42)56)39-24-11-13-26-50(39)57-51/h1-32H. The van der Waals surface area contributed by atoms with Gasteiger partial charge < -0.3 is 13.6 Å². The molecule has 0 aliphatic rings. The summed E-state index contributed by atoms with van der Waals surface area (Å²) in [6.07, 6.45) is 0. The van der Waals surface area contributed by atoms with Crippen LogP contribution >= 0.6 is 0 Å². The number of furan rings is 1. The number of rotatable bonds is 5. The fourth-order valence-corrected chi connectivity index (χ4v) is 8.70. The molecule has 4 heterocycles. The summed E-state index contributed by atoms with van der Waals surface area (Å²) >= 11 is 0. The van der Waals surface area contributed by atoms with Crippen LogP contribution in [0.3, 0.4) is 0 Å². The first-order chi connectivity index (χ1) is 28.2. The molecule has 0 aliphatic carbocycles. The summed E-state index contributed by atoms with van der Waals surface area (Å²) in [5, 5.41) is 6.88. The lowest BCUT2D eigenvalue weighted by Gasteiger charge is -2.12. The minimum Gasteiger partial charge on any atom is -0.456 e. The molecule has 12 rings (SSSR count). The predicted octanol–water partition coefficient (Wildman–Crippen LogP) is 13.6. The lowest BCUT2D eigenvalue weighted by atomic mass is 10.1. The molecule has 5 heteroatoms. The van der Waals surface area contributed by atoms with E-state index >= 15 is 0 Å². The Hall–Kier alpha value is -7.76. The molecule has 0 atom stereocenters. The number of hydrogen-bond donors (Lipinski definition) is 0. The van der Waals surface area contributed by atoms with Crippen LogP contribution in [0.5, 0.6) is 0 Å². The molecule has 0 spiro atoms. The quantitative estimate of drug-likeness (QED) is 0.177. The zero-order chi connectivity index (χ0) is 37.5. The molecule has 8 aromatic carbocycles. The first kappa shape index (κ1) is 31.6. The van der Waals surface area contributed by atoms with Gasteiger partial charge in [0.15, 0.2) is 5.82 Å². The van der Waals surface area contributed by atoms with Crippen molar-refractivity contribution in [3.63, 3.8) is 0 Å². The zero-order valence-corrected chi connectivity index (χ0v) is 30.7. The second-order valence-electron chi connectivity index (χ2n) is 14.6. The van der Waals surface area contributed by atoms with E-state index in [2.05, 4.69) is 179 Å². The van der Waals surface area contributed by atoms with Gasteiger partial charge in [0.25, 0.3) is 0 Å². The number of nitrogens with zero attached hydrogens (tertiary/aromatic N) is 4. The van der Waals surface area contributed by atoms with E-state index in [0.29, 0.717) is 5.82 Å². The molecule has 12 aromatic rings. The molecule has 0 unspecified atom stereocenters. The minimum atomic E-state index is 0.675. The average Bonchev–Trinajstić information content (AvgIpc) is 3.92. The van der Waals surface area contributed by atoms with E-state index in [1.54, 1.807) is 0 Å². The van der Waals surface area contributed by atoms with Gasteiger partial charge in [0.2, 0.25) is 0 Å². The number of hydrogen-bond acceptors (Lipinski definition) is 3. The third kappa shape index (κ3) is 4.96. The molecule has 57 heavy (non-hydrogen) atoms. The summed E-state index contributed by atoms with van der Waals surface area (Å²) in [6, 6.07) is 68.3. The van der Waals surface area contributed by atoms with Crippen molar-refractivity contribution >= 4 is 65.6 Å². The maximum atomic E-state index is 6.49. The van der Waals surface area contributed by atoms with Crippen LogP contribution in [0.15, 0.2) is 199 Å². The summed E-state index contributed by atoms with van der Waals surface area (Å²) in [5.74, 6) is 0.675. The summed E-state index contributed by atoms with van der Waals surface area (Å²) in [5.41, 5.74) is 13.3. The van der Waals surface area contributed by atoms with Gasteiger partial charge in [-0.3, -0.25) is 0 Å². The van der Waals surface area contributed by atoms with Gasteiger partial charge in [-0.05, 0) is 66.7 Å². The third-order valence-electron chi connectivity index (χ3n) is 11.3. The van der Waals surface area contributed by atoms with Gasteiger partial charge in [-0.2, -0.15) is 0 Å². The number of para-hydroxylation sites is 3. The summed E-state index contributed by atoms with van der Waals surface area (Å²) in [6.45, 7) is 0. The highest BCUT2D eigenvalue weighted by Gasteiger charge is 2.21. The lowest BCUT2D eigenvalue weighted by molar-refractivity contribution is 0.669. The molecular formula is C52H32N4O. The van der Waals surface area contributed by atoms with Crippen LogP contribution in [0.4, 0.5) is 0 Å². The Balaban J connectivity index is 1.15. The molecule has 0 amide bonds. The molecule has 266 valence electrons. The van der Waals surface area contributed by atoms with Crippen molar-refractivity contribution in [3.05, 3.63) is 194 Å². The molecule has 0 saturated heterocycles. The summed E-state index contributed by atoms with van der Waals surface area (Å²) in [4.78, 5) is 10.4. The van der Waals surface area contributed by atoms with Crippen LogP contribution in [0, 0.1) is 0 Å². The third-order valence-corrected chi connectivity index (χ3v) is 11.3. The van der Waals surface area contributed by atoms with Gasteiger partial charge >= 0.3 is 0 Å². The summed E-state index contributed by atoms with van der Waals surface area (Å²) < 4.78 is 11.3. The van der Waals surface area contributed by atoms with Crippen LogP contribution in [0.1, 0.15) is 0 Å². The van der Waals surface area contributed by atoms with Crippen LogP contribution in [0.25, 0.3) is 111 Å². The van der Waals surface area contributed by atoms with Crippen LogP contribution in [-0.4, -0.2) is 19.1 Å². The smallest absolute Gasteiger partial charge is 0.160 e. The summed E-state index contributed by atoms with van der Waals surface area (Å²) in [7, 11) is 0. The average molecular weight is 729 g/mol. The maximum absolute atomic E-state index is 6.49. The minimum absolute atomic E-state index is 0.675. The van der Waals surface area contributed by atoms with E-state index in [1.807, 2.05) is 24.3 Å². The molecule has 0 fully saturated rings. The Kier molecular flexibility index (Phi) is 6.86. The highest BCUT2D eigenvalue weighted by atomic mass is 16.3. The molecular weight excluding hydrogens is 697 g/mol. The van der Waals surface area contributed by atoms with E-state index in [4.69, 9.17) is 14.4 Å². The van der Waals surface area contributed by atoms with Crippen molar-refractivity contribution in [2.75, 3.05) is 0 Å². The van der Waals surface area contributed by atoms with Crippen molar-refractivity contribution in [2.45, 2.75) is 0 Å². The first-order valence-electron chi connectivity index (χ1n) is 19.2. The van der Waals surface area contributed by atoms with Crippen LogP contribution < -0.4 is 0 Å². The van der Waals surface area contributed by atoms with E-state index in [0.717, 1.165) is 88.7 Å². The van der Waals surface area contributed by atoms with E-state index < -0.39 is 0 Å². The van der Waals surface area contributed by atoms with E-state index in [1.165, 1.54) is 16.3 Å². The Morgan fingerprint density at radius 3 is 1.53 bits per heavy atom. The van der Waals surface area contributed by atoms with Crippen molar-refractivity contribution in [2.24, 2.45) is 0 Å². The number of fused-ring (bicyclic) bond motifs is 9. The lowest BCUT2D eigenvalue weighted by Crippen LogP contribution is -1.98. The fraction of sp³-hybridized carbons (Fsp3) is 0. The maximum Gasteiger partial charge on any atom is 0.160 e. The Labute approximate surface area is 327 Å². The van der Waals surface area contributed by atoms with Gasteiger partial charge in [-0.25, -0.2) is 9.97 Å². The molecule has 0 N–H and O–H groups in total. The Morgan fingerprint density at radius 2 is 0.825 bits per heavy atom. The highest BCUT2D eigenvalue weighted by Crippen LogP contribution is 2.42. The van der Waals surface area contributed by atoms with Crippen LogP contribution in [0.2, 0.25) is 0 Å². The van der Waals surface area contributed by atoms with Gasteiger partial charge in [-0.1, -0.05) is 127 Å². The molecule has 0 saturated carbocycles. The SMILES string of the molecule is c1ccc(-c2cc(-c3ccccc3)nc(-c3cccc(-n4c5cc6c(cc5c5cc7c(cc54)c4ccccc4n7-c4ccccc4)oc4ccccc46)c3)n2)cc1. The van der Waals surface area contributed by atoms with Crippen molar-refractivity contribution in [1.82, 2.24) is 19.1 Å². The van der Waals surface area contributed by atoms with E-state index in [-0.39, 0.29) is 0 Å². The van der Waals surface area contributed by atoms with Crippen molar-refractivity contribution in [1.29, 1.82) is 0 Å².